The molecule has 0 saturated heterocycles. The maximum absolute atomic E-state index is 6.70. The Morgan fingerprint density at radius 2 is 1.10 bits per heavy atom. The lowest BCUT2D eigenvalue weighted by Gasteiger charge is -2.33. The van der Waals surface area contributed by atoms with Gasteiger partial charge in [-0.3, -0.25) is 4.57 Å². The fraction of sp³-hybridized carbons (Fsp3) is 0.185. The molecule has 6 heteroatoms. The summed E-state index contributed by atoms with van der Waals surface area (Å²) < 4.78 is 15.4. The van der Waals surface area contributed by atoms with Gasteiger partial charge in [0.15, 0.2) is 0 Å². The van der Waals surface area contributed by atoms with Gasteiger partial charge in [0, 0.05) is 56.5 Å². The van der Waals surface area contributed by atoms with E-state index >= 15 is 0 Å². The van der Waals surface area contributed by atoms with Crippen LogP contribution >= 0.6 is 0 Å². The van der Waals surface area contributed by atoms with Crippen LogP contribution in [-0.4, -0.2) is 11.2 Å². The first-order valence-corrected chi connectivity index (χ1v) is 20.9. The molecule has 3 heterocycles. The molecule has 0 radical (unpaired) electrons. The van der Waals surface area contributed by atoms with Crippen LogP contribution in [0.5, 0.6) is 17.2 Å². The number of aromatic nitrogens is 1. The summed E-state index contributed by atoms with van der Waals surface area (Å²) in [4.78, 5) is 4.85. The van der Waals surface area contributed by atoms with E-state index in [1.165, 1.54) is 44.7 Å². The van der Waals surface area contributed by atoms with Crippen LogP contribution in [0, 0.1) is 0 Å². The van der Waals surface area contributed by atoms with Gasteiger partial charge in [-0.1, -0.05) is 131 Å². The number of anilines is 3. The summed E-state index contributed by atoms with van der Waals surface area (Å²) in [7, 11) is 0. The Balaban J connectivity index is 0.972. The largest absolute Gasteiger partial charge is 0.457 e. The minimum absolute atomic E-state index is 0.209. The second-order valence-corrected chi connectivity index (χ2v) is 17.2. The van der Waals surface area contributed by atoms with Crippen molar-refractivity contribution in [3.8, 4) is 17.2 Å². The number of allylic oxidation sites excluding steroid dienone is 2. The molecule has 1 aromatic heterocycles. The van der Waals surface area contributed by atoms with E-state index in [1.54, 1.807) is 0 Å². The highest BCUT2D eigenvalue weighted by Gasteiger charge is 2.33. The highest BCUT2D eigenvalue weighted by atomic mass is 16.5. The number of rotatable bonds is 9. The molecular weight excluding hydrogens is 737 g/mol. The number of nitrogens with one attached hydrogen (secondary N) is 1. The first-order valence-electron chi connectivity index (χ1n) is 20.9. The second kappa shape index (κ2) is 14.4. The lowest BCUT2D eigenvalue weighted by molar-refractivity contribution is 0.193. The first kappa shape index (κ1) is 37.4. The molecule has 10 rings (SSSR count). The molecule has 0 spiro atoms. The molecule has 0 aliphatic carbocycles. The standard InChI is InChI=1S/C54H50N4O2/c1-36-37(2)57(43-31-40(53(3,4)38-18-9-7-10-19-38)30-41(32-43)54(5,6)39-20-11-8-12-21-39)35-56(36)42-22-17-23-44(33-42)59-45-28-29-47-46-24-13-15-26-49(46)58(50(47)34-45)52-55-48-25-14-16-27-51(48)60-52/h7-34,52,55H,35H2,1-6H3. The van der Waals surface area contributed by atoms with Gasteiger partial charge in [-0.2, -0.15) is 0 Å². The number of fused-ring (bicyclic) bond motifs is 4. The van der Waals surface area contributed by atoms with E-state index in [-0.39, 0.29) is 17.2 Å². The minimum atomic E-state index is -0.384. The van der Waals surface area contributed by atoms with Crippen molar-refractivity contribution in [3.05, 3.63) is 204 Å². The smallest absolute Gasteiger partial charge is 0.255 e. The topological polar surface area (TPSA) is 41.9 Å². The Labute approximate surface area is 352 Å². The molecule has 298 valence electrons. The minimum Gasteiger partial charge on any atom is -0.457 e. The normalized spacial score (nSPS) is 15.4. The highest BCUT2D eigenvalue weighted by molar-refractivity contribution is 6.08. The van der Waals surface area contributed by atoms with Gasteiger partial charge in [-0.05, 0) is 90.7 Å². The summed E-state index contributed by atoms with van der Waals surface area (Å²) in [6, 6.07) is 60.3. The summed E-state index contributed by atoms with van der Waals surface area (Å²) >= 11 is 0. The second-order valence-electron chi connectivity index (χ2n) is 17.2. The number of para-hydroxylation sites is 3. The van der Waals surface area contributed by atoms with Crippen LogP contribution in [0.25, 0.3) is 21.8 Å². The zero-order chi connectivity index (χ0) is 41.2. The maximum Gasteiger partial charge on any atom is 0.255 e. The van der Waals surface area contributed by atoms with Crippen molar-refractivity contribution in [1.82, 2.24) is 4.57 Å². The van der Waals surface area contributed by atoms with Gasteiger partial charge in [0.2, 0.25) is 0 Å². The number of benzene rings is 7. The fourth-order valence-electron chi connectivity index (χ4n) is 9.06. The number of nitrogens with zero attached hydrogens (tertiary/aromatic N) is 3. The lowest BCUT2D eigenvalue weighted by Crippen LogP contribution is -2.29. The third kappa shape index (κ3) is 6.35. The Morgan fingerprint density at radius 1 is 0.517 bits per heavy atom. The summed E-state index contributed by atoms with van der Waals surface area (Å²) in [6.07, 6.45) is -0.384. The van der Waals surface area contributed by atoms with Crippen molar-refractivity contribution < 1.29 is 9.47 Å². The first-order chi connectivity index (χ1) is 29.1. The van der Waals surface area contributed by atoms with Crippen molar-refractivity contribution in [2.24, 2.45) is 0 Å². The molecule has 60 heavy (non-hydrogen) atoms. The van der Waals surface area contributed by atoms with Crippen LogP contribution in [0.4, 0.5) is 17.1 Å². The van der Waals surface area contributed by atoms with Gasteiger partial charge in [0.05, 0.1) is 23.4 Å². The molecule has 8 aromatic rings. The lowest BCUT2D eigenvalue weighted by atomic mass is 9.73. The third-order valence-corrected chi connectivity index (χ3v) is 13.0. The molecule has 0 fully saturated rings. The Hall–Kier alpha value is -6.92. The molecule has 6 nitrogen and oxygen atoms in total. The van der Waals surface area contributed by atoms with E-state index < -0.39 is 0 Å². The highest BCUT2D eigenvalue weighted by Crippen LogP contribution is 2.44. The predicted molar refractivity (Wildman–Crippen MR) is 247 cm³/mol. The van der Waals surface area contributed by atoms with E-state index in [4.69, 9.17) is 9.47 Å². The fourth-order valence-corrected chi connectivity index (χ4v) is 9.06. The summed E-state index contributed by atoms with van der Waals surface area (Å²) in [6.45, 7) is 14.5. The predicted octanol–water partition coefficient (Wildman–Crippen LogP) is 13.7. The van der Waals surface area contributed by atoms with E-state index in [0.29, 0.717) is 6.67 Å². The quantitative estimate of drug-likeness (QED) is 0.158. The van der Waals surface area contributed by atoms with Crippen LogP contribution in [0.2, 0.25) is 0 Å². The number of ether oxygens (including phenoxy) is 2. The van der Waals surface area contributed by atoms with Crippen molar-refractivity contribution in [3.63, 3.8) is 0 Å². The molecule has 1 N–H and O–H groups in total. The van der Waals surface area contributed by atoms with Crippen molar-refractivity contribution >= 4 is 38.9 Å². The van der Waals surface area contributed by atoms with Crippen LogP contribution in [0.15, 0.2) is 181 Å². The van der Waals surface area contributed by atoms with Crippen molar-refractivity contribution in [2.45, 2.75) is 58.7 Å². The van der Waals surface area contributed by atoms with E-state index in [0.717, 1.165) is 45.0 Å². The number of hydrogen-bond acceptors (Lipinski definition) is 5. The van der Waals surface area contributed by atoms with Gasteiger partial charge in [0.1, 0.15) is 17.2 Å². The molecule has 2 aliphatic heterocycles. The van der Waals surface area contributed by atoms with Crippen molar-refractivity contribution in [1.29, 1.82) is 0 Å². The summed E-state index contributed by atoms with van der Waals surface area (Å²) in [5.74, 6) is 2.38. The zero-order valence-electron chi connectivity index (χ0n) is 35.1. The molecule has 1 unspecified atom stereocenters. The molecular formula is C54H50N4O2. The van der Waals surface area contributed by atoms with Crippen LogP contribution in [-0.2, 0) is 10.8 Å². The van der Waals surface area contributed by atoms with Crippen LogP contribution < -0.4 is 24.6 Å². The maximum atomic E-state index is 6.70. The average Bonchev–Trinajstić information content (AvgIpc) is 3.95. The molecule has 0 bridgehead atoms. The average molecular weight is 787 g/mol. The Morgan fingerprint density at radius 3 is 1.78 bits per heavy atom. The van der Waals surface area contributed by atoms with Gasteiger partial charge in [0.25, 0.3) is 6.35 Å². The van der Waals surface area contributed by atoms with Gasteiger partial charge in [-0.15, -0.1) is 0 Å². The SMILES string of the molecule is CC1=C(C)N(c2cc(C(C)(C)c3ccccc3)cc(C(C)(C)c3ccccc3)c2)CN1c1cccc(Oc2ccc3c4ccccc4n(C4Nc5ccccc5O4)c3c2)c1. The van der Waals surface area contributed by atoms with Gasteiger partial charge in [-0.25, -0.2) is 0 Å². The van der Waals surface area contributed by atoms with Crippen LogP contribution in [0.3, 0.4) is 0 Å². The molecule has 0 amide bonds. The third-order valence-electron chi connectivity index (χ3n) is 13.0. The monoisotopic (exact) mass is 786 g/mol. The van der Waals surface area contributed by atoms with E-state index in [1.807, 2.05) is 24.3 Å². The Bertz CT molecular complexity index is 2830. The van der Waals surface area contributed by atoms with Crippen molar-refractivity contribution in [2.75, 3.05) is 21.8 Å². The van der Waals surface area contributed by atoms with Crippen LogP contribution in [0.1, 0.15) is 70.1 Å². The summed E-state index contributed by atoms with van der Waals surface area (Å²) in [5, 5.41) is 5.89. The summed E-state index contributed by atoms with van der Waals surface area (Å²) in [5.41, 5.74) is 12.6. The van der Waals surface area contributed by atoms with E-state index in [9.17, 15) is 0 Å². The Kier molecular flexibility index (Phi) is 8.98. The van der Waals surface area contributed by atoms with Gasteiger partial charge < -0.3 is 24.6 Å². The molecule has 1 atom stereocenters. The zero-order valence-corrected chi connectivity index (χ0v) is 35.1. The van der Waals surface area contributed by atoms with Gasteiger partial charge >= 0.3 is 0 Å². The molecule has 0 saturated carbocycles. The molecule has 7 aromatic carbocycles. The molecule has 2 aliphatic rings. The van der Waals surface area contributed by atoms with E-state index in [2.05, 4.69) is 207 Å². The number of hydrogen-bond donors (Lipinski definition) is 1.